The first-order chi connectivity index (χ1) is 19.7. The maximum absolute atomic E-state index is 14.5. The summed E-state index contributed by atoms with van der Waals surface area (Å²) >= 11 is 0. The Balaban J connectivity index is 1.50. The highest BCUT2D eigenvalue weighted by Crippen LogP contribution is 2.37. The lowest BCUT2D eigenvalue weighted by molar-refractivity contribution is -0.155. The van der Waals surface area contributed by atoms with Gasteiger partial charge in [-0.1, -0.05) is 72.8 Å². The normalized spacial score (nSPS) is 15.1. The van der Waals surface area contributed by atoms with Crippen molar-refractivity contribution >= 4 is 11.9 Å². The average molecular weight is 562 g/mol. The molecule has 0 aromatic heterocycles. The number of halogens is 3. The van der Waals surface area contributed by atoms with Crippen LogP contribution in [-0.4, -0.2) is 27.9 Å². The van der Waals surface area contributed by atoms with E-state index in [1.54, 1.807) is 24.3 Å². The molecule has 1 N–H and O–H groups in total. The summed E-state index contributed by atoms with van der Waals surface area (Å²) in [6, 6.07) is 20.7. The van der Waals surface area contributed by atoms with E-state index in [2.05, 4.69) is 0 Å². The van der Waals surface area contributed by atoms with Crippen LogP contribution < -0.4 is 9.47 Å². The van der Waals surface area contributed by atoms with E-state index in [4.69, 9.17) is 9.47 Å². The van der Waals surface area contributed by atoms with E-state index in [0.717, 1.165) is 16.0 Å². The van der Waals surface area contributed by atoms with Crippen LogP contribution in [0.5, 0.6) is 11.5 Å². The van der Waals surface area contributed by atoms with Crippen LogP contribution >= 0.6 is 0 Å². The van der Waals surface area contributed by atoms with Crippen LogP contribution in [0.15, 0.2) is 84.9 Å². The molecule has 0 unspecified atom stereocenters. The van der Waals surface area contributed by atoms with Crippen molar-refractivity contribution in [1.29, 1.82) is 0 Å². The lowest BCUT2D eigenvalue weighted by Gasteiger charge is -2.37. The number of benzene rings is 4. The third-order valence-corrected chi connectivity index (χ3v) is 6.99. The van der Waals surface area contributed by atoms with Gasteiger partial charge < -0.3 is 19.5 Å². The summed E-state index contributed by atoms with van der Waals surface area (Å²) in [5.41, 5.74) is 3.35. The summed E-state index contributed by atoms with van der Waals surface area (Å²) < 4.78 is 54.3. The summed E-state index contributed by atoms with van der Waals surface area (Å²) in [6.45, 7) is 2.03. The van der Waals surface area contributed by atoms with Crippen molar-refractivity contribution < 1.29 is 37.3 Å². The second-order valence-electron chi connectivity index (χ2n) is 9.75. The fourth-order valence-electron chi connectivity index (χ4n) is 4.94. The third kappa shape index (κ3) is 5.89. The van der Waals surface area contributed by atoms with Gasteiger partial charge in [-0.2, -0.15) is 0 Å². The first-order valence-corrected chi connectivity index (χ1v) is 12.9. The third-order valence-electron chi connectivity index (χ3n) is 6.99. The van der Waals surface area contributed by atoms with Gasteiger partial charge in [-0.05, 0) is 23.6 Å². The Morgan fingerprint density at radius 3 is 2.20 bits per heavy atom. The van der Waals surface area contributed by atoms with Gasteiger partial charge >= 0.3 is 5.97 Å². The van der Waals surface area contributed by atoms with Crippen LogP contribution in [0.1, 0.15) is 33.9 Å². The SMILES string of the molecule is Cc1ccc2c(c1OCc1ccccc1)C[C@@H](C(=O)O)N(C(=O)[C@H](Oc1c(F)cc(F)cc1F)c1ccccc1)C2. The molecule has 0 spiro atoms. The van der Waals surface area contributed by atoms with E-state index < -0.39 is 47.2 Å². The second kappa shape index (κ2) is 11.8. The molecule has 0 aliphatic carbocycles. The number of carboxylic acid groups (broad SMARTS) is 1. The molecule has 9 heteroatoms. The predicted molar refractivity (Wildman–Crippen MR) is 144 cm³/mol. The van der Waals surface area contributed by atoms with Crippen molar-refractivity contribution in [3.8, 4) is 11.5 Å². The fraction of sp³-hybridized carbons (Fsp3) is 0.188. The Morgan fingerprint density at radius 1 is 0.927 bits per heavy atom. The van der Waals surface area contributed by atoms with Gasteiger partial charge in [0.1, 0.15) is 24.2 Å². The zero-order chi connectivity index (χ0) is 29.1. The summed E-state index contributed by atoms with van der Waals surface area (Å²) in [4.78, 5) is 27.6. The van der Waals surface area contributed by atoms with Gasteiger partial charge in [0.05, 0.1) is 0 Å². The summed E-state index contributed by atoms with van der Waals surface area (Å²) in [5, 5.41) is 10.2. The highest BCUT2D eigenvalue weighted by molar-refractivity contribution is 5.88. The molecule has 6 nitrogen and oxygen atoms in total. The molecule has 1 amide bonds. The number of carboxylic acids is 1. The van der Waals surface area contributed by atoms with Crippen molar-refractivity contribution in [3.05, 3.63) is 130 Å². The number of carbonyl (C=O) groups excluding carboxylic acids is 1. The maximum atomic E-state index is 14.5. The molecule has 0 saturated carbocycles. The van der Waals surface area contributed by atoms with Gasteiger partial charge in [0.25, 0.3) is 5.91 Å². The Labute approximate surface area is 234 Å². The second-order valence-corrected chi connectivity index (χ2v) is 9.75. The molecule has 1 heterocycles. The number of aliphatic carboxylic acids is 1. The van der Waals surface area contributed by atoms with Crippen molar-refractivity contribution in [2.75, 3.05) is 0 Å². The molecule has 0 fully saturated rings. The van der Waals surface area contributed by atoms with E-state index in [0.29, 0.717) is 29.0 Å². The number of hydrogen-bond donors (Lipinski definition) is 1. The minimum absolute atomic E-state index is 0.0526. The van der Waals surface area contributed by atoms with E-state index in [-0.39, 0.29) is 25.1 Å². The zero-order valence-electron chi connectivity index (χ0n) is 22.0. The van der Waals surface area contributed by atoms with Crippen molar-refractivity contribution in [2.45, 2.75) is 38.6 Å². The van der Waals surface area contributed by atoms with E-state index in [1.807, 2.05) is 43.3 Å². The maximum Gasteiger partial charge on any atom is 0.326 e. The summed E-state index contributed by atoms with van der Waals surface area (Å²) in [7, 11) is 0. The number of carbonyl (C=O) groups is 2. The first-order valence-electron chi connectivity index (χ1n) is 12.9. The number of amides is 1. The largest absolute Gasteiger partial charge is 0.488 e. The van der Waals surface area contributed by atoms with Crippen molar-refractivity contribution in [3.63, 3.8) is 0 Å². The highest BCUT2D eigenvalue weighted by atomic mass is 19.1. The number of rotatable bonds is 8. The molecule has 0 radical (unpaired) electrons. The van der Waals surface area contributed by atoms with Crippen LogP contribution in [0.2, 0.25) is 0 Å². The molecular formula is C32H26F3NO5. The number of nitrogens with zero attached hydrogens (tertiary/aromatic N) is 1. The first kappa shape index (κ1) is 27.8. The molecule has 1 aliphatic rings. The molecule has 0 bridgehead atoms. The number of ether oxygens (including phenoxy) is 2. The van der Waals surface area contributed by atoms with E-state index >= 15 is 0 Å². The smallest absolute Gasteiger partial charge is 0.326 e. The predicted octanol–water partition coefficient (Wildman–Crippen LogP) is 6.15. The summed E-state index contributed by atoms with van der Waals surface area (Å²) in [5.74, 6) is -6.26. The van der Waals surface area contributed by atoms with Crippen molar-refractivity contribution in [1.82, 2.24) is 4.90 Å². The van der Waals surface area contributed by atoms with E-state index in [1.165, 1.54) is 12.1 Å². The van der Waals surface area contributed by atoms with Gasteiger partial charge in [0.15, 0.2) is 17.4 Å². The molecule has 5 rings (SSSR count). The van der Waals surface area contributed by atoms with Gasteiger partial charge in [-0.3, -0.25) is 4.79 Å². The number of aryl methyl sites for hydroxylation is 1. The molecule has 4 aromatic rings. The van der Waals surface area contributed by atoms with Crippen LogP contribution in [0.4, 0.5) is 13.2 Å². The quantitative estimate of drug-likeness (QED) is 0.279. The standard InChI is InChI=1S/C32H26F3NO5/c1-19-12-13-22-17-36(27(32(38)39)16-24(22)28(19)40-18-20-8-4-2-5-9-20)31(37)29(21-10-6-3-7-11-21)41-30-25(34)14-23(33)15-26(30)35/h2-15,27,29H,16-18H2,1H3,(H,38,39)/t27-,29+/m0/s1. The molecule has 41 heavy (non-hydrogen) atoms. The number of hydrogen-bond acceptors (Lipinski definition) is 4. The molecule has 2 atom stereocenters. The molecule has 0 saturated heterocycles. The average Bonchev–Trinajstić information content (AvgIpc) is 2.96. The van der Waals surface area contributed by atoms with Gasteiger partial charge in [0, 0.05) is 36.2 Å². The Morgan fingerprint density at radius 2 is 1.56 bits per heavy atom. The molecular weight excluding hydrogens is 535 g/mol. The topological polar surface area (TPSA) is 76.1 Å². The lowest BCUT2D eigenvalue weighted by Crippen LogP contribution is -2.51. The monoisotopic (exact) mass is 561 g/mol. The minimum Gasteiger partial charge on any atom is -0.488 e. The van der Waals surface area contributed by atoms with Gasteiger partial charge in [-0.15, -0.1) is 0 Å². The minimum atomic E-state index is -1.60. The Bertz CT molecular complexity index is 1560. The Hall–Kier alpha value is -4.79. The van der Waals surface area contributed by atoms with Gasteiger partial charge in [0.2, 0.25) is 6.10 Å². The van der Waals surface area contributed by atoms with E-state index in [9.17, 15) is 27.9 Å². The van der Waals surface area contributed by atoms with Crippen molar-refractivity contribution in [2.24, 2.45) is 0 Å². The lowest BCUT2D eigenvalue weighted by atomic mass is 9.90. The van der Waals surface area contributed by atoms with Crippen LogP contribution in [-0.2, 0) is 29.2 Å². The molecule has 210 valence electrons. The van der Waals surface area contributed by atoms with Crippen LogP contribution in [0.25, 0.3) is 0 Å². The highest BCUT2D eigenvalue weighted by Gasteiger charge is 2.40. The van der Waals surface area contributed by atoms with Gasteiger partial charge in [-0.25, -0.2) is 18.0 Å². The van der Waals surface area contributed by atoms with Crippen LogP contribution in [0.3, 0.4) is 0 Å². The molecule has 1 aliphatic heterocycles. The summed E-state index contributed by atoms with van der Waals surface area (Å²) in [6.07, 6.45) is -1.66. The fourth-order valence-corrected chi connectivity index (χ4v) is 4.94. The zero-order valence-corrected chi connectivity index (χ0v) is 22.0. The number of fused-ring (bicyclic) bond motifs is 1. The molecule has 4 aromatic carbocycles. The van der Waals surface area contributed by atoms with Crippen LogP contribution in [0, 0.1) is 24.4 Å². The Kier molecular flexibility index (Phi) is 7.96.